The Labute approximate surface area is 113 Å². The van der Waals surface area contributed by atoms with Crippen LogP contribution in [0.25, 0.3) is 0 Å². The van der Waals surface area contributed by atoms with Crippen LogP contribution in [0.5, 0.6) is 0 Å². The predicted molar refractivity (Wildman–Crippen MR) is 73.3 cm³/mol. The van der Waals surface area contributed by atoms with Crippen LogP contribution in [0.4, 0.5) is 0 Å². The quantitative estimate of drug-likeness (QED) is 0.677. The maximum Gasteiger partial charge on any atom is 0.243 e. The molecular formula is C13H19NO4S. The number of hydrogen-bond donors (Lipinski definition) is 2. The highest BCUT2D eigenvalue weighted by Gasteiger charge is 2.22. The van der Waals surface area contributed by atoms with Crippen molar-refractivity contribution in [3.8, 4) is 0 Å². The average molecular weight is 285 g/mol. The Hall–Kier alpha value is -1.21. The van der Waals surface area contributed by atoms with E-state index >= 15 is 0 Å². The van der Waals surface area contributed by atoms with Gasteiger partial charge in [-0.05, 0) is 24.1 Å². The first kappa shape index (κ1) is 15.8. The van der Waals surface area contributed by atoms with E-state index in [-0.39, 0.29) is 31.2 Å². The number of sulfonamides is 1. The summed E-state index contributed by atoms with van der Waals surface area (Å²) in [6.45, 7) is 3.49. The number of aliphatic hydroxyl groups excluding tert-OH is 2. The second-order valence-electron chi connectivity index (χ2n) is 3.99. The van der Waals surface area contributed by atoms with Crippen LogP contribution < -0.4 is 0 Å². The van der Waals surface area contributed by atoms with E-state index in [1.54, 1.807) is 12.1 Å². The molecule has 0 atom stereocenters. The van der Waals surface area contributed by atoms with Crippen molar-refractivity contribution in [3.63, 3.8) is 0 Å². The monoisotopic (exact) mass is 285 g/mol. The minimum absolute atomic E-state index is 0.0270. The fourth-order valence-electron chi connectivity index (χ4n) is 1.67. The molecule has 0 amide bonds. The van der Waals surface area contributed by atoms with Gasteiger partial charge < -0.3 is 10.2 Å². The second-order valence-corrected chi connectivity index (χ2v) is 5.93. The SMILES string of the molecule is C=CCN(CCO)S(=O)(=O)c1ccc(CCO)cc1. The summed E-state index contributed by atoms with van der Waals surface area (Å²) in [6.07, 6.45) is 1.97. The molecular weight excluding hydrogens is 266 g/mol. The maximum atomic E-state index is 12.3. The normalized spacial score (nSPS) is 11.7. The molecule has 5 nitrogen and oxygen atoms in total. The molecule has 1 aromatic carbocycles. The zero-order valence-corrected chi connectivity index (χ0v) is 11.5. The number of benzene rings is 1. The van der Waals surface area contributed by atoms with Gasteiger partial charge in [0.1, 0.15) is 0 Å². The van der Waals surface area contributed by atoms with Crippen molar-refractivity contribution < 1.29 is 18.6 Å². The van der Waals surface area contributed by atoms with Crippen LogP contribution in [0.3, 0.4) is 0 Å². The lowest BCUT2D eigenvalue weighted by molar-refractivity contribution is 0.260. The molecule has 2 N–H and O–H groups in total. The van der Waals surface area contributed by atoms with Gasteiger partial charge in [-0.1, -0.05) is 18.2 Å². The summed E-state index contributed by atoms with van der Waals surface area (Å²) in [4.78, 5) is 0.171. The lowest BCUT2D eigenvalue weighted by atomic mass is 10.2. The summed E-state index contributed by atoms with van der Waals surface area (Å²) in [5, 5.41) is 17.7. The van der Waals surface area contributed by atoms with Gasteiger partial charge >= 0.3 is 0 Å². The van der Waals surface area contributed by atoms with Crippen LogP contribution in [-0.2, 0) is 16.4 Å². The van der Waals surface area contributed by atoms with Gasteiger partial charge in [0.25, 0.3) is 0 Å². The van der Waals surface area contributed by atoms with Crippen LogP contribution in [0.15, 0.2) is 41.8 Å². The summed E-state index contributed by atoms with van der Waals surface area (Å²) < 4.78 is 25.8. The first-order valence-corrected chi connectivity index (χ1v) is 7.42. The molecule has 19 heavy (non-hydrogen) atoms. The molecule has 1 rings (SSSR count). The van der Waals surface area contributed by atoms with Gasteiger partial charge in [-0.15, -0.1) is 6.58 Å². The van der Waals surface area contributed by atoms with Crippen molar-refractivity contribution in [2.24, 2.45) is 0 Å². The first-order valence-electron chi connectivity index (χ1n) is 5.98. The Bertz CT molecular complexity index is 496. The molecule has 0 spiro atoms. The molecule has 0 aliphatic heterocycles. The van der Waals surface area contributed by atoms with Crippen molar-refractivity contribution >= 4 is 10.0 Å². The second kappa shape index (κ2) is 7.40. The van der Waals surface area contributed by atoms with Crippen molar-refractivity contribution in [2.75, 3.05) is 26.3 Å². The van der Waals surface area contributed by atoms with E-state index in [9.17, 15) is 8.42 Å². The molecule has 0 bridgehead atoms. The summed E-state index contributed by atoms with van der Waals surface area (Å²) in [5.74, 6) is 0. The van der Waals surface area contributed by atoms with Gasteiger partial charge in [-0.3, -0.25) is 0 Å². The molecule has 0 aliphatic rings. The number of hydrogen-bond acceptors (Lipinski definition) is 4. The largest absolute Gasteiger partial charge is 0.396 e. The van der Waals surface area contributed by atoms with Gasteiger partial charge in [0.05, 0.1) is 11.5 Å². The Morgan fingerprint density at radius 3 is 2.26 bits per heavy atom. The van der Waals surface area contributed by atoms with E-state index in [0.29, 0.717) is 6.42 Å². The van der Waals surface area contributed by atoms with Gasteiger partial charge in [0.2, 0.25) is 10.0 Å². The van der Waals surface area contributed by atoms with E-state index in [1.165, 1.54) is 22.5 Å². The van der Waals surface area contributed by atoms with E-state index in [2.05, 4.69) is 6.58 Å². The van der Waals surface area contributed by atoms with E-state index < -0.39 is 10.0 Å². The minimum atomic E-state index is -3.62. The fraction of sp³-hybridized carbons (Fsp3) is 0.385. The highest BCUT2D eigenvalue weighted by molar-refractivity contribution is 7.89. The third-order valence-electron chi connectivity index (χ3n) is 2.64. The zero-order valence-electron chi connectivity index (χ0n) is 10.7. The van der Waals surface area contributed by atoms with Crippen LogP contribution in [0, 0.1) is 0 Å². The summed E-state index contributed by atoms with van der Waals surface area (Å²) in [5.41, 5.74) is 0.874. The Kier molecular flexibility index (Phi) is 6.17. The van der Waals surface area contributed by atoms with Crippen molar-refractivity contribution in [1.29, 1.82) is 0 Å². The predicted octanol–water partition coefficient (Wildman–Crippen LogP) is 0.390. The fourth-order valence-corrected chi connectivity index (χ4v) is 3.07. The molecule has 0 aromatic heterocycles. The highest BCUT2D eigenvalue weighted by atomic mass is 32.2. The van der Waals surface area contributed by atoms with Gasteiger partial charge in [0.15, 0.2) is 0 Å². The van der Waals surface area contributed by atoms with Gasteiger partial charge in [-0.25, -0.2) is 8.42 Å². The molecule has 6 heteroatoms. The molecule has 0 radical (unpaired) electrons. The summed E-state index contributed by atoms with van der Waals surface area (Å²) >= 11 is 0. The lowest BCUT2D eigenvalue weighted by Crippen LogP contribution is -2.33. The van der Waals surface area contributed by atoms with Crippen LogP contribution >= 0.6 is 0 Å². The molecule has 0 fully saturated rings. The Morgan fingerprint density at radius 2 is 1.79 bits per heavy atom. The zero-order chi connectivity index (χ0) is 14.3. The molecule has 0 aliphatic carbocycles. The molecule has 0 saturated carbocycles. The topological polar surface area (TPSA) is 77.8 Å². The minimum Gasteiger partial charge on any atom is -0.396 e. The van der Waals surface area contributed by atoms with E-state index in [1.807, 2.05) is 0 Å². The van der Waals surface area contributed by atoms with Gasteiger partial charge in [0, 0.05) is 19.7 Å². The van der Waals surface area contributed by atoms with E-state index in [4.69, 9.17) is 10.2 Å². The van der Waals surface area contributed by atoms with Crippen molar-refractivity contribution in [2.45, 2.75) is 11.3 Å². The smallest absolute Gasteiger partial charge is 0.243 e. The number of rotatable bonds is 8. The van der Waals surface area contributed by atoms with Crippen LogP contribution in [0.2, 0.25) is 0 Å². The van der Waals surface area contributed by atoms with Gasteiger partial charge in [-0.2, -0.15) is 4.31 Å². The third kappa shape index (κ3) is 4.14. The molecule has 1 aromatic rings. The molecule has 0 saturated heterocycles. The average Bonchev–Trinajstić information content (AvgIpc) is 2.39. The first-order chi connectivity index (χ1) is 9.06. The molecule has 106 valence electrons. The Balaban J connectivity index is 3.00. The van der Waals surface area contributed by atoms with Crippen LogP contribution in [0.1, 0.15) is 5.56 Å². The van der Waals surface area contributed by atoms with Crippen LogP contribution in [-0.4, -0.2) is 49.2 Å². The Morgan fingerprint density at radius 1 is 1.16 bits per heavy atom. The van der Waals surface area contributed by atoms with Crippen molar-refractivity contribution in [3.05, 3.63) is 42.5 Å². The summed E-state index contributed by atoms with van der Waals surface area (Å²) in [7, 11) is -3.62. The summed E-state index contributed by atoms with van der Waals surface area (Å²) in [6, 6.07) is 6.36. The number of aliphatic hydroxyl groups is 2. The third-order valence-corrected chi connectivity index (χ3v) is 4.52. The highest BCUT2D eigenvalue weighted by Crippen LogP contribution is 2.16. The lowest BCUT2D eigenvalue weighted by Gasteiger charge is -2.19. The molecule has 0 unspecified atom stereocenters. The van der Waals surface area contributed by atoms with E-state index in [0.717, 1.165) is 5.56 Å². The molecule has 0 heterocycles. The standard InChI is InChI=1S/C13H19NO4S/c1-2-8-14(9-11-16)19(17,18)13-5-3-12(4-6-13)7-10-15/h2-6,15-16H,1,7-11H2. The number of nitrogens with zero attached hydrogens (tertiary/aromatic N) is 1. The van der Waals surface area contributed by atoms with Crippen molar-refractivity contribution in [1.82, 2.24) is 4.31 Å². The maximum absolute atomic E-state index is 12.3.